The number of hydrogen-bond donors (Lipinski definition) is 2. The minimum atomic E-state index is 0.573. The van der Waals surface area contributed by atoms with Gasteiger partial charge < -0.3 is 15.1 Å². The van der Waals surface area contributed by atoms with Crippen molar-refractivity contribution in [2.45, 2.75) is 6.54 Å². The molecule has 4 nitrogen and oxygen atoms in total. The van der Waals surface area contributed by atoms with Crippen LogP contribution < -0.4 is 10.6 Å². The first-order valence-corrected chi connectivity index (χ1v) is 8.73. The molecule has 2 N–H and O–H groups in total. The number of nitrogens with zero attached hydrogens (tertiary/aromatic N) is 1. The number of hydrogen-bond acceptors (Lipinski definition) is 3. The Bertz CT molecular complexity index is 1010. The number of anilines is 1. The van der Waals surface area contributed by atoms with Crippen LogP contribution in [-0.2, 0) is 6.54 Å². The third-order valence-electron chi connectivity index (χ3n) is 3.96. The molecule has 26 heavy (non-hydrogen) atoms. The number of aromatic nitrogens is 1. The molecule has 4 aromatic rings. The fourth-order valence-corrected chi connectivity index (χ4v) is 2.87. The van der Waals surface area contributed by atoms with Gasteiger partial charge in [-0.1, -0.05) is 48.5 Å². The molecule has 0 saturated carbocycles. The third-order valence-corrected chi connectivity index (χ3v) is 4.20. The van der Waals surface area contributed by atoms with E-state index < -0.39 is 0 Å². The van der Waals surface area contributed by atoms with Crippen molar-refractivity contribution in [1.29, 1.82) is 0 Å². The highest BCUT2D eigenvalue weighted by Gasteiger charge is 2.08. The molecular formula is C21H17N3OS. The molecule has 1 aromatic heterocycles. The molecule has 0 bridgehead atoms. The number of thiocarbonyl (C=S) groups is 1. The Balaban J connectivity index is 1.46. The normalized spacial score (nSPS) is 10.6. The van der Waals surface area contributed by atoms with E-state index in [4.69, 9.17) is 16.6 Å². The van der Waals surface area contributed by atoms with Gasteiger partial charge >= 0.3 is 0 Å². The first-order chi connectivity index (χ1) is 12.8. The lowest BCUT2D eigenvalue weighted by Crippen LogP contribution is -2.27. The predicted molar refractivity (Wildman–Crippen MR) is 109 cm³/mol. The second-order valence-electron chi connectivity index (χ2n) is 5.86. The van der Waals surface area contributed by atoms with Gasteiger partial charge in [-0.2, -0.15) is 0 Å². The Kier molecular flexibility index (Phi) is 4.62. The van der Waals surface area contributed by atoms with Crippen molar-refractivity contribution in [1.82, 2.24) is 10.3 Å². The molecular weight excluding hydrogens is 342 g/mol. The lowest BCUT2D eigenvalue weighted by Gasteiger charge is -2.11. The molecule has 3 aromatic carbocycles. The monoisotopic (exact) mass is 359 g/mol. The molecule has 4 rings (SSSR count). The number of benzene rings is 3. The molecule has 0 atom stereocenters. The van der Waals surface area contributed by atoms with Crippen LogP contribution in [0.1, 0.15) is 5.56 Å². The largest absolute Gasteiger partial charge is 0.436 e. The van der Waals surface area contributed by atoms with E-state index >= 15 is 0 Å². The number of nitrogens with one attached hydrogen (secondary N) is 2. The summed E-state index contributed by atoms with van der Waals surface area (Å²) in [5, 5.41) is 6.99. The summed E-state index contributed by atoms with van der Waals surface area (Å²) in [6, 6.07) is 25.7. The van der Waals surface area contributed by atoms with E-state index in [0.29, 0.717) is 17.5 Å². The number of oxazole rings is 1. The van der Waals surface area contributed by atoms with E-state index in [9.17, 15) is 0 Å². The molecule has 0 aliphatic rings. The van der Waals surface area contributed by atoms with Crippen LogP contribution in [0.4, 0.5) is 5.69 Å². The molecule has 0 spiro atoms. The lowest BCUT2D eigenvalue weighted by molar-refractivity contribution is 0.620. The smallest absolute Gasteiger partial charge is 0.227 e. The molecule has 0 aliphatic carbocycles. The minimum Gasteiger partial charge on any atom is -0.436 e. The molecule has 128 valence electrons. The van der Waals surface area contributed by atoms with Crippen LogP contribution in [0.3, 0.4) is 0 Å². The van der Waals surface area contributed by atoms with E-state index in [1.165, 1.54) is 5.56 Å². The van der Waals surface area contributed by atoms with Gasteiger partial charge in [0.15, 0.2) is 10.7 Å². The third kappa shape index (κ3) is 3.73. The highest BCUT2D eigenvalue weighted by Crippen LogP contribution is 2.26. The number of rotatable bonds is 4. The summed E-state index contributed by atoms with van der Waals surface area (Å²) < 4.78 is 5.83. The van der Waals surface area contributed by atoms with Crippen LogP contribution >= 0.6 is 12.2 Å². The lowest BCUT2D eigenvalue weighted by atomic mass is 10.2. The summed E-state index contributed by atoms with van der Waals surface area (Å²) in [5.41, 5.74) is 4.59. The Morgan fingerprint density at radius 3 is 2.58 bits per heavy atom. The summed E-state index contributed by atoms with van der Waals surface area (Å²) >= 11 is 5.39. The molecule has 0 radical (unpaired) electrons. The highest BCUT2D eigenvalue weighted by atomic mass is 32.1. The molecule has 5 heteroatoms. The minimum absolute atomic E-state index is 0.573. The summed E-state index contributed by atoms with van der Waals surface area (Å²) in [4.78, 5) is 4.54. The van der Waals surface area contributed by atoms with Gasteiger partial charge in [0, 0.05) is 17.8 Å². The fourth-order valence-electron chi connectivity index (χ4n) is 2.68. The second-order valence-corrected chi connectivity index (χ2v) is 6.27. The van der Waals surface area contributed by atoms with Crippen LogP contribution in [0.5, 0.6) is 0 Å². The second kappa shape index (κ2) is 7.37. The zero-order valence-electron chi connectivity index (χ0n) is 14.0. The van der Waals surface area contributed by atoms with Gasteiger partial charge in [0.25, 0.3) is 0 Å². The van der Waals surface area contributed by atoms with Crippen molar-refractivity contribution >= 4 is 34.1 Å². The number of para-hydroxylation sites is 2. The average Bonchev–Trinajstić information content (AvgIpc) is 3.12. The SMILES string of the molecule is S=C(NCc1ccccc1)Nc1cccc(-c2nc3ccccc3o2)c1. The maximum absolute atomic E-state index is 5.83. The summed E-state index contributed by atoms with van der Waals surface area (Å²) in [6.07, 6.45) is 0. The predicted octanol–water partition coefficient (Wildman–Crippen LogP) is 4.98. The first-order valence-electron chi connectivity index (χ1n) is 8.33. The summed E-state index contributed by atoms with van der Waals surface area (Å²) in [7, 11) is 0. The molecule has 0 amide bonds. The maximum Gasteiger partial charge on any atom is 0.227 e. The molecule has 0 saturated heterocycles. The average molecular weight is 359 g/mol. The van der Waals surface area contributed by atoms with E-state index in [2.05, 4.69) is 27.8 Å². The van der Waals surface area contributed by atoms with Crippen molar-refractivity contribution in [2.24, 2.45) is 0 Å². The highest BCUT2D eigenvalue weighted by molar-refractivity contribution is 7.80. The van der Waals surface area contributed by atoms with E-state index in [-0.39, 0.29) is 0 Å². The standard InChI is InChI=1S/C21H17N3OS/c26-21(22-14-15-7-2-1-3-8-15)23-17-10-6-9-16(13-17)20-24-18-11-4-5-12-19(18)25-20/h1-13H,14H2,(H2,22,23,26). The van der Waals surface area contributed by atoms with Gasteiger partial charge in [-0.15, -0.1) is 0 Å². The Morgan fingerprint density at radius 2 is 1.73 bits per heavy atom. The van der Waals surface area contributed by atoms with E-state index in [0.717, 1.165) is 22.4 Å². The van der Waals surface area contributed by atoms with Crippen LogP contribution in [0.15, 0.2) is 83.3 Å². The van der Waals surface area contributed by atoms with Gasteiger partial charge in [0.05, 0.1) is 0 Å². The summed E-state index contributed by atoms with van der Waals surface area (Å²) in [6.45, 7) is 0.678. The van der Waals surface area contributed by atoms with Crippen LogP contribution in [0.2, 0.25) is 0 Å². The quantitative estimate of drug-likeness (QED) is 0.503. The zero-order valence-corrected chi connectivity index (χ0v) is 14.8. The fraction of sp³-hybridized carbons (Fsp3) is 0.0476. The van der Waals surface area contributed by atoms with Gasteiger partial charge in [-0.05, 0) is 48.1 Å². The van der Waals surface area contributed by atoms with Crippen LogP contribution in [0.25, 0.3) is 22.6 Å². The molecule has 0 aliphatic heterocycles. The zero-order chi connectivity index (χ0) is 17.8. The molecule has 0 fully saturated rings. The van der Waals surface area contributed by atoms with Gasteiger partial charge in [-0.25, -0.2) is 4.98 Å². The van der Waals surface area contributed by atoms with Crippen LogP contribution in [-0.4, -0.2) is 10.1 Å². The molecule has 1 heterocycles. The van der Waals surface area contributed by atoms with Crippen LogP contribution in [0, 0.1) is 0 Å². The van der Waals surface area contributed by atoms with E-state index in [1.54, 1.807) is 0 Å². The number of fused-ring (bicyclic) bond motifs is 1. The maximum atomic E-state index is 5.83. The molecule has 0 unspecified atom stereocenters. The Morgan fingerprint density at radius 1 is 0.923 bits per heavy atom. The van der Waals surface area contributed by atoms with Crippen molar-refractivity contribution in [3.05, 3.63) is 84.4 Å². The van der Waals surface area contributed by atoms with Gasteiger partial charge in [0.2, 0.25) is 5.89 Å². The Hall–Kier alpha value is -3.18. The van der Waals surface area contributed by atoms with Gasteiger partial charge in [0.1, 0.15) is 5.52 Å². The van der Waals surface area contributed by atoms with Crippen molar-refractivity contribution in [2.75, 3.05) is 5.32 Å². The first kappa shape index (κ1) is 16.3. The Labute approximate surface area is 156 Å². The topological polar surface area (TPSA) is 50.1 Å². The van der Waals surface area contributed by atoms with Gasteiger partial charge in [-0.3, -0.25) is 0 Å². The van der Waals surface area contributed by atoms with E-state index in [1.807, 2.05) is 66.7 Å². The van der Waals surface area contributed by atoms with Crippen molar-refractivity contribution < 1.29 is 4.42 Å². The van der Waals surface area contributed by atoms with Crippen molar-refractivity contribution in [3.63, 3.8) is 0 Å². The summed E-state index contributed by atoms with van der Waals surface area (Å²) in [5.74, 6) is 0.595. The van der Waals surface area contributed by atoms with Crippen molar-refractivity contribution in [3.8, 4) is 11.5 Å².